The Kier molecular flexibility index (Phi) is 11.3. The summed E-state index contributed by atoms with van der Waals surface area (Å²) in [7, 11) is 2.18. The lowest BCUT2D eigenvalue weighted by Crippen LogP contribution is -2.11. The van der Waals surface area contributed by atoms with Crippen molar-refractivity contribution in [1.29, 1.82) is 0 Å². The standard InChI is InChI=1S/C34H14F18N2S2/c35-15-7-9(21(41)29(49)27(47)19(7)39)17(37)13-11(15)23(43)31(51)33(25(13)45)53-3-1-5-55-56-6-2-4-54-34-26(46)14-12(24(44)32(34)52)16(36)8-10(18(14)38)22(42)30(50)28(48)20(8)40/h53-54H,1-6H2. The lowest BCUT2D eigenvalue weighted by molar-refractivity contribution is 0.414. The number of rotatable bonds is 11. The van der Waals surface area contributed by atoms with E-state index in [4.69, 9.17) is 0 Å². The lowest BCUT2D eigenvalue weighted by Gasteiger charge is -2.16. The van der Waals surface area contributed by atoms with E-state index in [2.05, 4.69) is 10.6 Å². The molecule has 0 aliphatic rings. The smallest absolute Gasteiger partial charge is 0.198 e. The summed E-state index contributed by atoms with van der Waals surface area (Å²) in [4.78, 5) is 0. The van der Waals surface area contributed by atoms with Crippen LogP contribution in [0.5, 0.6) is 0 Å². The summed E-state index contributed by atoms with van der Waals surface area (Å²) in [5.74, 6) is -41.8. The minimum Gasteiger partial charge on any atom is -0.380 e. The van der Waals surface area contributed by atoms with Gasteiger partial charge in [-0.25, -0.2) is 79.0 Å². The Morgan fingerprint density at radius 3 is 0.714 bits per heavy atom. The predicted octanol–water partition coefficient (Wildman–Crippen LogP) is 12.5. The van der Waals surface area contributed by atoms with Crippen LogP contribution in [0.15, 0.2) is 0 Å². The number of nitrogens with one attached hydrogen (secondary N) is 2. The van der Waals surface area contributed by atoms with Crippen LogP contribution in [0, 0.1) is 105 Å². The summed E-state index contributed by atoms with van der Waals surface area (Å²) < 4.78 is 262. The Labute approximate surface area is 307 Å². The molecule has 6 aromatic rings. The highest BCUT2D eigenvalue weighted by molar-refractivity contribution is 8.76. The molecule has 22 heteroatoms. The van der Waals surface area contributed by atoms with Gasteiger partial charge >= 0.3 is 0 Å². The number of halogens is 18. The quantitative estimate of drug-likeness (QED) is 0.0339. The Bertz CT molecular complexity index is 2470. The summed E-state index contributed by atoms with van der Waals surface area (Å²) in [6.07, 6.45) is 0.0515. The van der Waals surface area contributed by atoms with Gasteiger partial charge in [0, 0.05) is 24.6 Å². The summed E-state index contributed by atoms with van der Waals surface area (Å²) in [6.45, 7) is -0.740. The van der Waals surface area contributed by atoms with Crippen molar-refractivity contribution in [2.45, 2.75) is 12.8 Å². The van der Waals surface area contributed by atoms with E-state index in [-0.39, 0.29) is 37.4 Å². The van der Waals surface area contributed by atoms with Gasteiger partial charge in [0.1, 0.15) is 34.6 Å². The maximum atomic E-state index is 15.2. The molecule has 6 rings (SSSR count). The van der Waals surface area contributed by atoms with Crippen molar-refractivity contribution < 1.29 is 79.0 Å². The van der Waals surface area contributed by atoms with E-state index >= 15 is 17.6 Å². The molecule has 0 fully saturated rings. The molecule has 0 aliphatic carbocycles. The molecule has 0 amide bonds. The average molecular weight is 857 g/mol. The summed E-state index contributed by atoms with van der Waals surface area (Å²) in [6, 6.07) is 0. The summed E-state index contributed by atoms with van der Waals surface area (Å²) >= 11 is 0. The molecular weight excluding hydrogens is 842 g/mol. The normalized spacial score (nSPS) is 12.0. The molecule has 0 atom stereocenters. The number of fused-ring (bicyclic) bond motifs is 4. The fourth-order valence-corrected chi connectivity index (χ4v) is 8.02. The largest absolute Gasteiger partial charge is 0.380 e. The zero-order valence-corrected chi connectivity index (χ0v) is 28.5. The molecule has 0 radical (unpaired) electrons. The molecule has 6 aromatic carbocycles. The SMILES string of the molecule is Fc1c(F)c(F)c2c(F)c3c(F)c(NCCCSSCCCNc4c(F)c(F)c5c(F)c6c(F)c(F)c(F)c(F)c6c(F)c5c4F)c(F)c(F)c3c(F)c2c1F. The van der Waals surface area contributed by atoms with Crippen LogP contribution in [-0.4, -0.2) is 24.6 Å². The third kappa shape index (κ3) is 6.22. The molecule has 298 valence electrons. The molecule has 2 nitrogen and oxygen atoms in total. The zero-order chi connectivity index (χ0) is 41.2. The predicted molar refractivity (Wildman–Crippen MR) is 173 cm³/mol. The van der Waals surface area contributed by atoms with Crippen molar-refractivity contribution in [2.75, 3.05) is 35.2 Å². The second kappa shape index (κ2) is 15.4. The Morgan fingerprint density at radius 1 is 0.250 bits per heavy atom. The monoisotopic (exact) mass is 856 g/mol. The second-order valence-corrected chi connectivity index (χ2v) is 14.3. The van der Waals surface area contributed by atoms with Crippen LogP contribution in [0.4, 0.5) is 90.4 Å². The second-order valence-electron chi connectivity index (χ2n) is 11.6. The third-order valence-corrected chi connectivity index (χ3v) is 11.0. The van der Waals surface area contributed by atoms with Crippen LogP contribution in [0.25, 0.3) is 43.1 Å². The molecule has 0 bridgehead atoms. The van der Waals surface area contributed by atoms with Crippen molar-refractivity contribution in [3.05, 3.63) is 105 Å². The van der Waals surface area contributed by atoms with E-state index in [1.165, 1.54) is 0 Å². The average Bonchev–Trinajstić information content (AvgIpc) is 3.16. The lowest BCUT2D eigenvalue weighted by atomic mass is 9.98. The van der Waals surface area contributed by atoms with Crippen LogP contribution in [0.2, 0.25) is 0 Å². The first-order valence-corrected chi connectivity index (χ1v) is 17.8. The highest BCUT2D eigenvalue weighted by Crippen LogP contribution is 2.43. The van der Waals surface area contributed by atoms with Gasteiger partial charge in [0.2, 0.25) is 0 Å². The maximum absolute atomic E-state index is 15.2. The van der Waals surface area contributed by atoms with Gasteiger partial charge < -0.3 is 10.6 Å². The van der Waals surface area contributed by atoms with Crippen molar-refractivity contribution in [3.63, 3.8) is 0 Å². The molecule has 0 aromatic heterocycles. The molecule has 0 saturated heterocycles. The molecule has 0 unspecified atom stereocenters. The van der Waals surface area contributed by atoms with Crippen LogP contribution in [-0.2, 0) is 0 Å². The number of anilines is 2. The van der Waals surface area contributed by atoms with E-state index in [9.17, 15) is 61.5 Å². The highest BCUT2D eigenvalue weighted by atomic mass is 33.1. The van der Waals surface area contributed by atoms with Crippen LogP contribution in [0.1, 0.15) is 12.8 Å². The molecule has 2 N–H and O–H groups in total. The topological polar surface area (TPSA) is 24.1 Å². The van der Waals surface area contributed by atoms with Gasteiger partial charge in [-0.05, 0) is 12.8 Å². The van der Waals surface area contributed by atoms with E-state index in [0.29, 0.717) is 0 Å². The summed E-state index contributed by atoms with van der Waals surface area (Å²) in [5.41, 5.74) is -2.72. The van der Waals surface area contributed by atoms with Crippen LogP contribution >= 0.6 is 21.6 Å². The highest BCUT2D eigenvalue weighted by Gasteiger charge is 2.35. The van der Waals surface area contributed by atoms with Gasteiger partial charge in [0.25, 0.3) is 0 Å². The fourth-order valence-electron chi connectivity index (χ4n) is 5.85. The van der Waals surface area contributed by atoms with Crippen molar-refractivity contribution in [1.82, 2.24) is 0 Å². The van der Waals surface area contributed by atoms with Gasteiger partial charge in [-0.1, -0.05) is 21.6 Å². The van der Waals surface area contributed by atoms with Crippen LogP contribution in [0.3, 0.4) is 0 Å². The first-order valence-electron chi connectivity index (χ1n) is 15.4. The van der Waals surface area contributed by atoms with Crippen LogP contribution < -0.4 is 10.6 Å². The molecule has 0 heterocycles. The Hall–Kier alpha value is -4.60. The minimum absolute atomic E-state index is 0.0258. The van der Waals surface area contributed by atoms with Crippen molar-refractivity contribution >= 4 is 76.1 Å². The number of benzene rings is 6. The molecular formula is C34H14F18N2S2. The van der Waals surface area contributed by atoms with E-state index in [0.717, 1.165) is 21.6 Å². The molecule has 0 saturated carbocycles. The van der Waals surface area contributed by atoms with Gasteiger partial charge in [-0.2, -0.15) is 0 Å². The van der Waals surface area contributed by atoms with Gasteiger partial charge in [-0.3, -0.25) is 0 Å². The first-order chi connectivity index (χ1) is 26.4. The third-order valence-electron chi connectivity index (χ3n) is 8.43. The van der Waals surface area contributed by atoms with E-state index in [1.54, 1.807) is 0 Å². The summed E-state index contributed by atoms with van der Waals surface area (Å²) in [5, 5.41) is -10.6. The fraction of sp³-hybridized carbons (Fsp3) is 0.176. The Balaban J connectivity index is 1.08. The maximum Gasteiger partial charge on any atom is 0.198 e. The van der Waals surface area contributed by atoms with E-state index < -0.39 is 159 Å². The van der Waals surface area contributed by atoms with Gasteiger partial charge in [0.15, 0.2) is 81.4 Å². The van der Waals surface area contributed by atoms with Gasteiger partial charge in [-0.15, -0.1) is 0 Å². The molecule has 0 aliphatic heterocycles. The first kappa shape index (κ1) is 41.0. The zero-order valence-electron chi connectivity index (χ0n) is 26.9. The van der Waals surface area contributed by atoms with E-state index in [1.807, 2.05) is 0 Å². The molecule has 0 spiro atoms. The van der Waals surface area contributed by atoms with Crippen molar-refractivity contribution in [2.24, 2.45) is 0 Å². The Morgan fingerprint density at radius 2 is 0.464 bits per heavy atom. The number of hydrogen-bond donors (Lipinski definition) is 2. The minimum atomic E-state index is -2.59. The van der Waals surface area contributed by atoms with Gasteiger partial charge in [0.05, 0.1) is 43.1 Å². The number of hydrogen-bond acceptors (Lipinski definition) is 4. The van der Waals surface area contributed by atoms with Crippen molar-refractivity contribution in [3.8, 4) is 0 Å². The molecule has 56 heavy (non-hydrogen) atoms.